The zero-order valence-electron chi connectivity index (χ0n) is 10.8. The molecule has 1 fully saturated rings. The van der Waals surface area contributed by atoms with Crippen LogP contribution in [0.4, 0.5) is 4.79 Å². The first-order valence-corrected chi connectivity index (χ1v) is 7.37. The average Bonchev–Trinajstić information content (AvgIpc) is 2.78. The summed E-state index contributed by atoms with van der Waals surface area (Å²) >= 11 is -2.11. The van der Waals surface area contributed by atoms with Crippen LogP contribution in [0.2, 0.25) is 0 Å². The lowest BCUT2D eigenvalue weighted by Crippen LogP contribution is -2.38. The third-order valence-corrected chi connectivity index (χ3v) is 3.63. The number of rotatable bonds is 2. The predicted octanol–water partition coefficient (Wildman–Crippen LogP) is -0.433. The summed E-state index contributed by atoms with van der Waals surface area (Å²) in [4.78, 5) is 15.6. The minimum Gasteiger partial charge on any atom is -0.771 e. The van der Waals surface area contributed by atoms with Gasteiger partial charge in [0, 0.05) is 26.2 Å². The molecule has 0 radical (unpaired) electrons. The molecule has 0 N–H and O–H groups in total. The van der Waals surface area contributed by atoms with Gasteiger partial charge in [-0.1, -0.05) is 0 Å². The second kappa shape index (κ2) is 6.60. The van der Waals surface area contributed by atoms with Crippen molar-refractivity contribution in [2.75, 3.05) is 32.1 Å². The number of hydrogen-bond acceptors (Lipinski definition) is 6. The van der Waals surface area contributed by atoms with Gasteiger partial charge in [0.05, 0.1) is 23.8 Å². The van der Waals surface area contributed by atoms with Crippen molar-refractivity contribution in [3.63, 3.8) is 0 Å². The van der Waals surface area contributed by atoms with Crippen molar-refractivity contribution >= 4 is 17.1 Å². The summed E-state index contributed by atoms with van der Waals surface area (Å²) in [6.45, 7) is 2.13. The van der Waals surface area contributed by atoms with Crippen molar-refractivity contribution in [1.29, 1.82) is 5.26 Å². The van der Waals surface area contributed by atoms with Crippen molar-refractivity contribution < 1.29 is 13.6 Å². The van der Waals surface area contributed by atoms with Gasteiger partial charge in [-0.25, -0.2) is 4.79 Å². The van der Waals surface area contributed by atoms with Crippen molar-refractivity contribution in [1.82, 2.24) is 19.6 Å². The van der Waals surface area contributed by atoms with Gasteiger partial charge < -0.3 is 9.45 Å². The molecule has 1 saturated heterocycles. The van der Waals surface area contributed by atoms with E-state index in [1.807, 2.05) is 6.07 Å². The average molecular weight is 296 g/mol. The van der Waals surface area contributed by atoms with Crippen LogP contribution in [0, 0.1) is 11.3 Å². The van der Waals surface area contributed by atoms with E-state index in [9.17, 15) is 13.6 Å². The highest BCUT2D eigenvalue weighted by Crippen LogP contribution is 2.06. The molecule has 1 atom stereocenters. The molecule has 2 rings (SSSR count). The van der Waals surface area contributed by atoms with Gasteiger partial charge in [0.25, 0.3) is 0 Å². The van der Waals surface area contributed by atoms with E-state index in [2.05, 4.69) is 5.10 Å². The molecule has 8 nitrogen and oxygen atoms in total. The fourth-order valence-corrected chi connectivity index (χ4v) is 2.63. The maximum absolute atomic E-state index is 12.2. The van der Waals surface area contributed by atoms with Crippen LogP contribution in [-0.4, -0.2) is 66.4 Å². The Balaban J connectivity index is 1.98. The Morgan fingerprint density at radius 1 is 1.45 bits per heavy atom. The van der Waals surface area contributed by atoms with Crippen LogP contribution in [0.25, 0.3) is 0 Å². The summed E-state index contributed by atoms with van der Waals surface area (Å²) < 4.78 is 22.5. The quantitative estimate of drug-likeness (QED) is 0.685. The summed E-state index contributed by atoms with van der Waals surface area (Å²) in [5.74, 6) is -0.0115. The molecule has 1 aromatic rings. The fourth-order valence-electron chi connectivity index (χ4n) is 2.07. The van der Waals surface area contributed by atoms with E-state index < -0.39 is 11.1 Å². The van der Waals surface area contributed by atoms with E-state index in [4.69, 9.17) is 5.26 Å². The highest BCUT2D eigenvalue weighted by atomic mass is 32.2. The van der Waals surface area contributed by atoms with Crippen molar-refractivity contribution in [3.8, 4) is 6.07 Å². The number of carbonyl (C=O) groups is 1. The molecule has 1 aliphatic heterocycles. The topological polar surface area (TPSA) is 105 Å². The van der Waals surface area contributed by atoms with Crippen molar-refractivity contribution in [2.45, 2.75) is 6.42 Å². The van der Waals surface area contributed by atoms with Gasteiger partial charge in [-0.2, -0.15) is 15.0 Å². The monoisotopic (exact) mass is 296 g/mol. The van der Waals surface area contributed by atoms with Gasteiger partial charge in [-0.15, -0.1) is 0 Å². The first-order valence-electron chi connectivity index (χ1n) is 6.12. The Bertz CT molecular complexity index is 552. The molecule has 0 aliphatic carbocycles. The predicted molar refractivity (Wildman–Crippen MR) is 69.3 cm³/mol. The summed E-state index contributed by atoms with van der Waals surface area (Å²) in [6.07, 6.45) is 3.43. The van der Waals surface area contributed by atoms with Gasteiger partial charge in [-0.3, -0.25) is 9.11 Å². The third kappa shape index (κ3) is 3.63. The summed E-state index contributed by atoms with van der Waals surface area (Å²) in [6, 6.07) is 1.62. The molecule has 0 saturated carbocycles. The molecule has 0 spiro atoms. The summed E-state index contributed by atoms with van der Waals surface area (Å²) in [5.41, 5.74) is 0.330. The third-order valence-electron chi connectivity index (χ3n) is 3.05. The number of hydrogen-bond donors (Lipinski definition) is 0. The van der Waals surface area contributed by atoms with E-state index >= 15 is 0 Å². The molecule has 1 unspecified atom stereocenters. The minimum absolute atomic E-state index is 0.0115. The lowest BCUT2D eigenvalue weighted by Gasteiger charge is -2.22. The molecule has 9 heteroatoms. The molecule has 1 aromatic heterocycles. The molecule has 0 bridgehead atoms. The van der Waals surface area contributed by atoms with Gasteiger partial charge >= 0.3 is 6.03 Å². The molecule has 1 amide bonds. The molecular formula is C11H14N5O3S-. The van der Waals surface area contributed by atoms with Gasteiger partial charge in [0.1, 0.15) is 6.07 Å². The number of amides is 1. The van der Waals surface area contributed by atoms with Gasteiger partial charge in [-0.05, 0) is 17.5 Å². The zero-order valence-corrected chi connectivity index (χ0v) is 11.6. The first kappa shape index (κ1) is 14.6. The van der Waals surface area contributed by atoms with Crippen LogP contribution in [0.5, 0.6) is 0 Å². The van der Waals surface area contributed by atoms with Crippen LogP contribution >= 0.6 is 0 Å². The Kier molecular flexibility index (Phi) is 4.84. The maximum Gasteiger partial charge on any atom is 0.344 e. The van der Waals surface area contributed by atoms with Crippen LogP contribution in [0.1, 0.15) is 12.0 Å². The van der Waals surface area contributed by atoms with Crippen LogP contribution in [0.15, 0.2) is 12.4 Å². The Hall–Kier alpha value is -1.76. The minimum atomic E-state index is -2.11. The Labute approximate surface area is 118 Å². The molecule has 20 heavy (non-hydrogen) atoms. The molecule has 0 aromatic carbocycles. The second-order valence-electron chi connectivity index (χ2n) is 4.46. The fraction of sp³-hybridized carbons (Fsp3) is 0.545. The van der Waals surface area contributed by atoms with Gasteiger partial charge in [0.15, 0.2) is 0 Å². The standard InChI is InChI=1S/C11H15N5O3S/c12-6-10-7-13-16(8-10)11(17)15-3-1-2-14(4-5-15)9-20(18)19/h7-8H,1-5,9H2,(H,18,19)/p-1. The molecular weight excluding hydrogens is 282 g/mol. The highest BCUT2D eigenvalue weighted by molar-refractivity contribution is 7.79. The van der Waals surface area contributed by atoms with Crippen molar-refractivity contribution in [2.24, 2.45) is 0 Å². The normalized spacial score (nSPS) is 18.3. The van der Waals surface area contributed by atoms with Crippen LogP contribution in [-0.2, 0) is 11.1 Å². The van der Waals surface area contributed by atoms with E-state index in [1.54, 1.807) is 9.80 Å². The molecule has 2 heterocycles. The Morgan fingerprint density at radius 2 is 2.25 bits per heavy atom. The first-order chi connectivity index (χ1) is 9.60. The van der Waals surface area contributed by atoms with E-state index in [1.165, 1.54) is 12.4 Å². The number of nitrogens with zero attached hydrogens (tertiary/aromatic N) is 5. The molecule has 1 aliphatic rings. The number of aromatic nitrogens is 2. The van der Waals surface area contributed by atoms with Crippen LogP contribution < -0.4 is 0 Å². The van der Waals surface area contributed by atoms with E-state index in [0.717, 1.165) is 4.68 Å². The Morgan fingerprint density at radius 3 is 2.90 bits per heavy atom. The summed E-state index contributed by atoms with van der Waals surface area (Å²) in [5, 5.41) is 12.6. The van der Waals surface area contributed by atoms with E-state index in [0.29, 0.717) is 38.2 Å². The lowest BCUT2D eigenvalue weighted by molar-refractivity contribution is 0.197. The maximum atomic E-state index is 12.2. The van der Waals surface area contributed by atoms with Gasteiger partial charge in [0.2, 0.25) is 0 Å². The lowest BCUT2D eigenvalue weighted by atomic mass is 10.4. The SMILES string of the molecule is N#Cc1cnn(C(=O)N2CCCN(CS(=O)[O-])CC2)c1. The smallest absolute Gasteiger partial charge is 0.344 e. The number of carbonyl (C=O) groups excluding carboxylic acids is 1. The summed E-state index contributed by atoms with van der Waals surface area (Å²) in [7, 11) is 0. The largest absolute Gasteiger partial charge is 0.771 e. The highest BCUT2D eigenvalue weighted by Gasteiger charge is 2.20. The van der Waals surface area contributed by atoms with Crippen molar-refractivity contribution in [3.05, 3.63) is 18.0 Å². The van der Waals surface area contributed by atoms with E-state index in [-0.39, 0.29) is 11.9 Å². The number of nitriles is 1. The van der Waals surface area contributed by atoms with Crippen LogP contribution in [0.3, 0.4) is 0 Å². The second-order valence-corrected chi connectivity index (χ2v) is 5.33. The molecule has 108 valence electrons. The zero-order chi connectivity index (χ0) is 14.5.